The molecule has 4 rings (SSSR count). The molecule has 0 amide bonds. The van der Waals surface area contributed by atoms with Gasteiger partial charge in [0.1, 0.15) is 5.65 Å². The quantitative estimate of drug-likeness (QED) is 0.484. The van der Waals surface area contributed by atoms with E-state index in [2.05, 4.69) is 10.1 Å². The van der Waals surface area contributed by atoms with Crippen LogP contribution in [0.1, 0.15) is 26.5 Å². The fourth-order valence-electron chi connectivity index (χ4n) is 3.51. The van der Waals surface area contributed by atoms with E-state index in [1.54, 1.807) is 30.3 Å². The summed E-state index contributed by atoms with van der Waals surface area (Å²) in [7, 11) is -3.38. The second-order valence-electron chi connectivity index (χ2n) is 8.56. The Bertz CT molecular complexity index is 1460. The zero-order valence-electron chi connectivity index (χ0n) is 17.6. The van der Waals surface area contributed by atoms with Crippen LogP contribution in [0.2, 0.25) is 5.02 Å². The number of sulfone groups is 1. The maximum absolute atomic E-state index is 13.0. The van der Waals surface area contributed by atoms with Crippen LogP contribution in [0.3, 0.4) is 0 Å². The van der Waals surface area contributed by atoms with Crippen molar-refractivity contribution in [1.29, 1.82) is 0 Å². The largest absolute Gasteiger partial charge is 0.339 e. The van der Waals surface area contributed by atoms with E-state index in [1.807, 2.05) is 32.9 Å². The molecular weight excluding hydrogens is 434 g/mol. The number of nitrogens with one attached hydrogen (secondary N) is 1. The molecule has 2 heterocycles. The Morgan fingerprint density at radius 3 is 2.29 bits per heavy atom. The Kier molecular flexibility index (Phi) is 5.06. The molecule has 0 fully saturated rings. The molecule has 2 aromatic carbocycles. The van der Waals surface area contributed by atoms with Gasteiger partial charge in [-0.1, -0.05) is 56.6 Å². The topological polar surface area (TPSA) is 84.3 Å². The van der Waals surface area contributed by atoms with Crippen LogP contribution in [0.25, 0.3) is 28.0 Å². The average molecular weight is 456 g/mol. The highest BCUT2D eigenvalue weighted by Crippen LogP contribution is 2.35. The van der Waals surface area contributed by atoms with Crippen molar-refractivity contribution in [1.82, 2.24) is 14.6 Å². The number of aromatic nitrogens is 3. The van der Waals surface area contributed by atoms with E-state index >= 15 is 0 Å². The second kappa shape index (κ2) is 7.35. The van der Waals surface area contributed by atoms with Gasteiger partial charge in [0.15, 0.2) is 9.84 Å². The van der Waals surface area contributed by atoms with Crippen LogP contribution in [-0.2, 0) is 15.3 Å². The first-order valence-corrected chi connectivity index (χ1v) is 11.9. The zero-order chi connectivity index (χ0) is 22.6. The number of H-pyrrole nitrogens is 1. The van der Waals surface area contributed by atoms with Gasteiger partial charge in [-0.25, -0.2) is 8.42 Å². The lowest BCUT2D eigenvalue weighted by molar-refractivity contribution is 0.563. The molecule has 160 valence electrons. The Hall–Kier alpha value is -2.90. The van der Waals surface area contributed by atoms with Crippen LogP contribution in [0, 0.1) is 0 Å². The van der Waals surface area contributed by atoms with Crippen molar-refractivity contribution in [3.63, 3.8) is 0 Å². The van der Waals surface area contributed by atoms with Crippen LogP contribution in [0.15, 0.2) is 64.3 Å². The maximum Gasteiger partial charge on any atom is 0.274 e. The number of fused-ring (bicyclic) bond motifs is 1. The monoisotopic (exact) mass is 455 g/mol. The zero-order valence-corrected chi connectivity index (χ0v) is 19.2. The van der Waals surface area contributed by atoms with Crippen LogP contribution in [0.4, 0.5) is 0 Å². The number of halogens is 1. The molecule has 0 bridgehead atoms. The molecule has 31 heavy (non-hydrogen) atoms. The van der Waals surface area contributed by atoms with Crippen LogP contribution in [-0.4, -0.2) is 29.3 Å². The highest BCUT2D eigenvalue weighted by atomic mass is 35.5. The SMILES string of the molecule is CC(C)(C)c1nn2c(=O)cc(-c3cccc(S(C)(=O)=O)c3)[nH]c2c1-c1ccc(Cl)cc1. The van der Waals surface area contributed by atoms with Gasteiger partial charge in [-0.2, -0.15) is 9.61 Å². The van der Waals surface area contributed by atoms with Gasteiger partial charge in [0.05, 0.1) is 16.3 Å². The predicted octanol–water partition coefficient (Wildman–Crippen LogP) is 4.71. The molecule has 8 heteroatoms. The van der Waals surface area contributed by atoms with Crippen molar-refractivity contribution in [2.24, 2.45) is 0 Å². The van der Waals surface area contributed by atoms with Gasteiger partial charge in [-0.15, -0.1) is 0 Å². The van der Waals surface area contributed by atoms with Crippen molar-refractivity contribution in [2.45, 2.75) is 31.1 Å². The summed E-state index contributed by atoms with van der Waals surface area (Å²) in [5.41, 5.74) is 3.48. The van der Waals surface area contributed by atoms with E-state index in [1.165, 1.54) is 16.6 Å². The van der Waals surface area contributed by atoms with E-state index < -0.39 is 9.84 Å². The van der Waals surface area contributed by atoms with Crippen molar-refractivity contribution >= 4 is 27.1 Å². The minimum atomic E-state index is -3.38. The Balaban J connectivity index is 2.04. The third kappa shape index (κ3) is 4.03. The maximum atomic E-state index is 13.0. The van der Waals surface area contributed by atoms with Crippen LogP contribution < -0.4 is 5.56 Å². The molecule has 0 aliphatic heterocycles. The number of aromatic amines is 1. The molecule has 0 unspecified atom stereocenters. The number of rotatable bonds is 3. The minimum Gasteiger partial charge on any atom is -0.339 e. The Morgan fingerprint density at radius 1 is 1.00 bits per heavy atom. The van der Waals surface area contributed by atoms with E-state index in [0.717, 1.165) is 23.1 Å². The summed E-state index contributed by atoms with van der Waals surface area (Å²) in [6, 6.07) is 15.3. The molecule has 0 atom stereocenters. The highest BCUT2D eigenvalue weighted by Gasteiger charge is 2.26. The van der Waals surface area contributed by atoms with E-state index in [9.17, 15) is 13.2 Å². The van der Waals surface area contributed by atoms with E-state index in [4.69, 9.17) is 11.6 Å². The number of hydrogen-bond acceptors (Lipinski definition) is 4. The fraction of sp³-hybridized carbons (Fsp3) is 0.217. The lowest BCUT2D eigenvalue weighted by Crippen LogP contribution is -2.17. The first kappa shape index (κ1) is 21.3. The van der Waals surface area contributed by atoms with Gasteiger partial charge < -0.3 is 4.98 Å². The Morgan fingerprint density at radius 2 is 1.68 bits per heavy atom. The molecule has 2 aromatic heterocycles. The van der Waals surface area contributed by atoms with Crippen molar-refractivity contribution in [3.8, 4) is 22.4 Å². The highest BCUT2D eigenvalue weighted by molar-refractivity contribution is 7.90. The predicted molar refractivity (Wildman–Crippen MR) is 124 cm³/mol. The standard InChI is InChI=1S/C23H22ClN3O3S/c1-23(2,3)21-20(14-8-10-16(24)11-9-14)22-25-18(13-19(28)27(22)26-21)15-6-5-7-17(12-15)31(4,29)30/h5-13,25H,1-4H3. The summed E-state index contributed by atoms with van der Waals surface area (Å²) in [6.07, 6.45) is 1.16. The van der Waals surface area contributed by atoms with Gasteiger partial charge >= 0.3 is 0 Å². The van der Waals surface area contributed by atoms with Gasteiger partial charge in [-0.05, 0) is 35.4 Å². The van der Waals surface area contributed by atoms with Gasteiger partial charge in [0.25, 0.3) is 5.56 Å². The molecule has 0 saturated carbocycles. The normalized spacial score (nSPS) is 12.4. The van der Waals surface area contributed by atoms with E-state index in [0.29, 0.717) is 21.9 Å². The molecule has 0 aliphatic carbocycles. The third-order valence-electron chi connectivity index (χ3n) is 5.03. The summed E-state index contributed by atoms with van der Waals surface area (Å²) in [5, 5.41) is 5.23. The molecule has 0 spiro atoms. The smallest absolute Gasteiger partial charge is 0.274 e. The van der Waals surface area contributed by atoms with Crippen molar-refractivity contribution in [3.05, 3.63) is 75.7 Å². The molecule has 0 saturated heterocycles. The average Bonchev–Trinajstić information content (AvgIpc) is 3.09. The summed E-state index contributed by atoms with van der Waals surface area (Å²) in [6.45, 7) is 6.11. The summed E-state index contributed by atoms with van der Waals surface area (Å²) in [5.74, 6) is 0. The summed E-state index contributed by atoms with van der Waals surface area (Å²) in [4.78, 5) is 16.5. The molecule has 4 aromatic rings. The third-order valence-corrected chi connectivity index (χ3v) is 6.39. The molecule has 1 N–H and O–H groups in total. The van der Waals surface area contributed by atoms with Crippen LogP contribution >= 0.6 is 11.6 Å². The van der Waals surface area contributed by atoms with Crippen LogP contribution in [0.5, 0.6) is 0 Å². The van der Waals surface area contributed by atoms with Gasteiger partial charge in [0, 0.05) is 28.3 Å². The number of hydrogen-bond donors (Lipinski definition) is 1. The van der Waals surface area contributed by atoms with Gasteiger partial charge in [-0.3, -0.25) is 4.79 Å². The fourth-order valence-corrected chi connectivity index (χ4v) is 4.30. The lowest BCUT2D eigenvalue weighted by Gasteiger charge is -2.17. The molecular formula is C23H22ClN3O3S. The summed E-state index contributed by atoms with van der Waals surface area (Å²) < 4.78 is 25.3. The van der Waals surface area contributed by atoms with Gasteiger partial charge in [0.2, 0.25) is 0 Å². The van der Waals surface area contributed by atoms with Crippen molar-refractivity contribution < 1.29 is 8.42 Å². The Labute approximate surface area is 185 Å². The second-order valence-corrected chi connectivity index (χ2v) is 11.0. The number of benzene rings is 2. The summed E-state index contributed by atoms with van der Waals surface area (Å²) >= 11 is 6.08. The first-order valence-electron chi connectivity index (χ1n) is 9.68. The number of nitrogens with zero attached hydrogens (tertiary/aromatic N) is 2. The first-order chi connectivity index (χ1) is 14.4. The van der Waals surface area contributed by atoms with Crippen molar-refractivity contribution in [2.75, 3.05) is 6.26 Å². The molecule has 6 nitrogen and oxygen atoms in total. The lowest BCUT2D eigenvalue weighted by atomic mass is 9.87. The minimum absolute atomic E-state index is 0.188. The molecule has 0 radical (unpaired) electrons. The molecule has 0 aliphatic rings. The van der Waals surface area contributed by atoms with E-state index in [-0.39, 0.29) is 15.9 Å².